The van der Waals surface area contributed by atoms with Gasteiger partial charge in [0.1, 0.15) is 22.9 Å². The van der Waals surface area contributed by atoms with E-state index < -0.39 is 0 Å². The van der Waals surface area contributed by atoms with Crippen LogP contribution in [0.25, 0.3) is 0 Å². The Balaban J connectivity index is 1.52. The molecule has 0 aromatic carbocycles. The number of hydrogen-bond acceptors (Lipinski definition) is 4. The second-order valence-electron chi connectivity index (χ2n) is 6.95. The highest BCUT2D eigenvalue weighted by Crippen LogP contribution is 2.56. The molecule has 4 heterocycles. The quantitative estimate of drug-likeness (QED) is 0.888. The number of imidazole rings is 1. The highest BCUT2D eigenvalue weighted by atomic mass is 16.2. The van der Waals surface area contributed by atoms with Crippen LogP contribution in [0.5, 0.6) is 0 Å². The highest BCUT2D eigenvalue weighted by Gasteiger charge is 2.60. The fourth-order valence-corrected chi connectivity index (χ4v) is 4.07. The maximum Gasteiger partial charge on any atom is 0.273 e. The minimum atomic E-state index is -0.338. The fraction of sp³-hybridized carbons (Fsp3) is 0.500. The van der Waals surface area contributed by atoms with Gasteiger partial charge in [-0.2, -0.15) is 0 Å². The van der Waals surface area contributed by atoms with Gasteiger partial charge in [0.05, 0.1) is 0 Å². The molecule has 2 saturated heterocycles. The Kier molecular flexibility index (Phi) is 2.44. The SMILES string of the molecule is O=C(c1cc(=O)[nH]c(C2CC2)n1)N1CC2CC1(c1ncc[nH]1)C2. The largest absolute Gasteiger partial charge is 0.347 e. The van der Waals surface area contributed by atoms with Crippen molar-refractivity contribution in [1.29, 1.82) is 0 Å². The smallest absolute Gasteiger partial charge is 0.273 e. The summed E-state index contributed by atoms with van der Waals surface area (Å²) < 4.78 is 0. The molecule has 0 radical (unpaired) electrons. The third kappa shape index (κ3) is 1.82. The van der Waals surface area contributed by atoms with E-state index in [4.69, 9.17) is 0 Å². The van der Waals surface area contributed by atoms with Crippen LogP contribution in [-0.4, -0.2) is 37.3 Å². The zero-order valence-electron chi connectivity index (χ0n) is 12.6. The molecular weight excluding hydrogens is 294 g/mol. The Morgan fingerprint density at radius 1 is 1.35 bits per heavy atom. The first kappa shape index (κ1) is 13.0. The van der Waals surface area contributed by atoms with Crippen LogP contribution in [0.2, 0.25) is 0 Å². The van der Waals surface area contributed by atoms with Gasteiger partial charge in [-0.15, -0.1) is 0 Å². The number of carbonyl (C=O) groups is 1. The Bertz CT molecular complexity index is 830. The number of fused-ring (bicyclic) bond motifs is 1. The third-order valence-corrected chi connectivity index (χ3v) is 5.34. The molecule has 2 saturated carbocycles. The van der Waals surface area contributed by atoms with E-state index in [0.717, 1.165) is 31.5 Å². The number of nitrogens with zero attached hydrogens (tertiary/aromatic N) is 3. The average molecular weight is 311 g/mol. The van der Waals surface area contributed by atoms with E-state index in [1.807, 2.05) is 4.90 Å². The maximum atomic E-state index is 13.0. The topological polar surface area (TPSA) is 94.7 Å². The number of aromatic nitrogens is 4. The molecule has 2 aliphatic carbocycles. The predicted octanol–water partition coefficient (Wildman–Crippen LogP) is 1.13. The lowest BCUT2D eigenvalue weighted by Crippen LogP contribution is -2.47. The number of carbonyl (C=O) groups excluding carboxylic acids is 1. The Hall–Kier alpha value is -2.44. The number of amides is 1. The van der Waals surface area contributed by atoms with E-state index in [0.29, 0.717) is 24.2 Å². The average Bonchev–Trinajstić information content (AvgIpc) is 2.95. The fourth-order valence-electron chi connectivity index (χ4n) is 4.07. The standard InChI is InChI=1S/C16H17N5O2/c22-12-5-11(19-13(20-12)10-1-2-10)14(23)21-8-9-6-16(21,7-9)15-17-3-4-18-15/h3-5,9-10H,1-2,6-8H2,(H,17,18)(H,19,20,22). The zero-order valence-corrected chi connectivity index (χ0v) is 12.6. The molecule has 0 spiro atoms. The van der Waals surface area contributed by atoms with Gasteiger partial charge in [0.15, 0.2) is 0 Å². The van der Waals surface area contributed by atoms with Crippen LogP contribution < -0.4 is 5.56 Å². The van der Waals surface area contributed by atoms with Crippen molar-refractivity contribution in [1.82, 2.24) is 24.8 Å². The minimum absolute atomic E-state index is 0.158. The van der Waals surface area contributed by atoms with E-state index >= 15 is 0 Å². The van der Waals surface area contributed by atoms with Gasteiger partial charge in [0, 0.05) is 30.9 Å². The Labute approximate surface area is 132 Å². The molecule has 2 aromatic rings. The van der Waals surface area contributed by atoms with Gasteiger partial charge < -0.3 is 14.9 Å². The van der Waals surface area contributed by atoms with E-state index in [1.165, 1.54) is 6.07 Å². The number of rotatable bonds is 3. The van der Waals surface area contributed by atoms with Crippen LogP contribution in [0.4, 0.5) is 0 Å². The second-order valence-corrected chi connectivity index (χ2v) is 6.95. The first-order valence-electron chi connectivity index (χ1n) is 8.09. The molecule has 118 valence electrons. The Morgan fingerprint density at radius 2 is 2.17 bits per heavy atom. The zero-order chi connectivity index (χ0) is 15.6. The predicted molar refractivity (Wildman–Crippen MR) is 80.9 cm³/mol. The van der Waals surface area contributed by atoms with Crippen molar-refractivity contribution >= 4 is 5.91 Å². The summed E-state index contributed by atoms with van der Waals surface area (Å²) in [4.78, 5) is 41.4. The molecule has 0 unspecified atom stereocenters. The molecule has 4 fully saturated rings. The van der Waals surface area contributed by atoms with Gasteiger partial charge in [0.25, 0.3) is 11.5 Å². The van der Waals surface area contributed by atoms with E-state index in [2.05, 4.69) is 19.9 Å². The summed E-state index contributed by atoms with van der Waals surface area (Å²) in [6.07, 6.45) is 7.44. The molecule has 6 rings (SSSR count). The van der Waals surface area contributed by atoms with Crippen LogP contribution >= 0.6 is 0 Å². The summed E-state index contributed by atoms with van der Waals surface area (Å²) in [5, 5.41) is 0. The van der Waals surface area contributed by atoms with Crippen molar-refractivity contribution in [2.45, 2.75) is 37.1 Å². The lowest BCUT2D eigenvalue weighted by molar-refractivity contribution is 0.0522. The van der Waals surface area contributed by atoms with E-state index in [-0.39, 0.29) is 22.7 Å². The van der Waals surface area contributed by atoms with Gasteiger partial charge >= 0.3 is 0 Å². The van der Waals surface area contributed by atoms with Crippen molar-refractivity contribution in [2.24, 2.45) is 5.92 Å². The summed E-state index contributed by atoms with van der Waals surface area (Å²) in [7, 11) is 0. The van der Waals surface area contributed by atoms with Gasteiger partial charge in [0.2, 0.25) is 0 Å². The monoisotopic (exact) mass is 311 g/mol. The van der Waals surface area contributed by atoms with Crippen molar-refractivity contribution in [3.05, 3.63) is 46.2 Å². The molecular formula is C16H17N5O2. The number of hydrogen-bond donors (Lipinski definition) is 2. The summed E-state index contributed by atoms with van der Waals surface area (Å²) in [6, 6.07) is 1.32. The van der Waals surface area contributed by atoms with Crippen molar-refractivity contribution in [3.8, 4) is 0 Å². The molecule has 0 atom stereocenters. The lowest BCUT2D eigenvalue weighted by Gasteiger charge is -2.40. The van der Waals surface area contributed by atoms with E-state index in [9.17, 15) is 9.59 Å². The molecule has 4 aliphatic rings. The van der Waals surface area contributed by atoms with Crippen molar-refractivity contribution < 1.29 is 4.79 Å². The molecule has 7 nitrogen and oxygen atoms in total. The lowest BCUT2D eigenvalue weighted by atomic mass is 9.72. The molecule has 2 N–H and O–H groups in total. The summed E-state index contributed by atoms with van der Waals surface area (Å²) in [6.45, 7) is 0.715. The van der Waals surface area contributed by atoms with Gasteiger partial charge in [-0.25, -0.2) is 9.97 Å². The second kappa shape index (κ2) is 4.31. The minimum Gasteiger partial charge on any atom is -0.347 e. The molecule has 23 heavy (non-hydrogen) atoms. The highest BCUT2D eigenvalue weighted by molar-refractivity contribution is 5.93. The molecule has 2 aromatic heterocycles. The van der Waals surface area contributed by atoms with Crippen LogP contribution in [0.15, 0.2) is 23.3 Å². The van der Waals surface area contributed by atoms with Gasteiger partial charge in [-0.3, -0.25) is 9.59 Å². The molecule has 2 bridgehead atoms. The van der Waals surface area contributed by atoms with Crippen LogP contribution in [0, 0.1) is 5.92 Å². The normalized spacial score (nSPS) is 28.7. The third-order valence-electron chi connectivity index (χ3n) is 5.34. The summed E-state index contributed by atoms with van der Waals surface area (Å²) in [5.74, 6) is 2.16. The van der Waals surface area contributed by atoms with Crippen molar-refractivity contribution in [2.75, 3.05) is 6.54 Å². The summed E-state index contributed by atoms with van der Waals surface area (Å²) in [5.41, 5.74) is -0.326. The first-order valence-corrected chi connectivity index (χ1v) is 8.09. The maximum absolute atomic E-state index is 13.0. The number of nitrogens with one attached hydrogen (secondary N) is 2. The van der Waals surface area contributed by atoms with Gasteiger partial charge in [-0.05, 0) is 31.6 Å². The number of aromatic amines is 2. The molecule has 1 amide bonds. The van der Waals surface area contributed by atoms with E-state index in [1.54, 1.807) is 12.4 Å². The molecule has 2 aliphatic heterocycles. The summed E-state index contributed by atoms with van der Waals surface area (Å²) >= 11 is 0. The van der Waals surface area contributed by atoms with Crippen LogP contribution in [0.3, 0.4) is 0 Å². The Morgan fingerprint density at radius 3 is 2.87 bits per heavy atom. The van der Waals surface area contributed by atoms with Gasteiger partial charge in [-0.1, -0.05) is 0 Å². The molecule has 7 heteroatoms. The number of H-pyrrole nitrogens is 2. The first-order chi connectivity index (χ1) is 11.2. The van der Waals surface area contributed by atoms with Crippen LogP contribution in [-0.2, 0) is 5.54 Å². The van der Waals surface area contributed by atoms with Crippen LogP contribution in [0.1, 0.15) is 53.7 Å². The van der Waals surface area contributed by atoms with Crippen molar-refractivity contribution in [3.63, 3.8) is 0 Å².